The van der Waals surface area contributed by atoms with E-state index < -0.39 is 130 Å². The average Bonchev–Trinajstić information content (AvgIpc) is 3.37. The van der Waals surface area contributed by atoms with E-state index in [1.807, 2.05) is 45.1 Å². The molecule has 1 amide bonds. The second-order valence-corrected chi connectivity index (χ2v) is 24.1. The minimum atomic E-state index is -4.04. The predicted octanol–water partition coefficient (Wildman–Crippen LogP) is 6.61. The van der Waals surface area contributed by atoms with Crippen LogP contribution in [0.1, 0.15) is 132 Å². The van der Waals surface area contributed by atoms with Crippen molar-refractivity contribution in [1.29, 1.82) is 0 Å². The molecule has 3 fully saturated rings. The Morgan fingerprint density at radius 3 is 2.26 bits per heavy atom. The normalized spacial score (nSPS) is 36.3. The highest BCUT2D eigenvalue weighted by atomic mass is 32.2. The molecule has 0 unspecified atom stereocenters. The number of cyclic esters (lactones) is 1. The third kappa shape index (κ3) is 18.1. The Morgan fingerprint density at radius 1 is 0.895 bits per heavy atom. The third-order valence-electron chi connectivity index (χ3n) is 15.9. The van der Waals surface area contributed by atoms with Gasteiger partial charge in [0.1, 0.15) is 42.0 Å². The molecule has 3 N–H and O–H groups in total. The fourth-order valence-electron chi connectivity index (χ4n) is 11.0. The number of aliphatic hydroxyl groups excluding tert-OH is 1. The number of hydrogen-bond acceptors (Lipinski definition) is 16. The molecule has 428 valence electrons. The smallest absolute Gasteiger partial charge is 0.329 e. The van der Waals surface area contributed by atoms with Crippen LogP contribution >= 0.6 is 0 Å². The lowest BCUT2D eigenvalue weighted by atomic mass is 9.78. The SMILES string of the molecule is C=C1[C@H](C)C[C@H](C)/C=C/C=C/C=C(\C)[C@@H](OC)C[C@@H]2CC[C@@H](C)[C@@](O)(O2)C(=O)C(=O)N2CCCC[C@H]2C(=O)O[C@H]([C@H](C)C[C@@H]2CC[C@@H](OC(=O)CS(=O)(=O)CCC(=O)O)[C@H](OC)C2)CC(=O)[C@H](C)/C=C(\C)[C@@H](O)[C@H]1OC. The van der Waals surface area contributed by atoms with Crippen LogP contribution in [0.3, 0.4) is 0 Å². The first kappa shape index (κ1) is 64.2. The predicted molar refractivity (Wildman–Crippen MR) is 284 cm³/mol. The quantitative estimate of drug-likeness (QED) is 0.106. The van der Waals surface area contributed by atoms with Crippen molar-refractivity contribution < 1.29 is 80.9 Å². The maximum atomic E-state index is 14.6. The third-order valence-corrected chi connectivity index (χ3v) is 17.4. The molecule has 3 heterocycles. The van der Waals surface area contributed by atoms with Gasteiger partial charge in [-0.15, -0.1) is 0 Å². The van der Waals surface area contributed by atoms with Gasteiger partial charge in [-0.3, -0.25) is 24.0 Å². The van der Waals surface area contributed by atoms with Crippen molar-refractivity contribution in [2.45, 2.75) is 186 Å². The van der Waals surface area contributed by atoms with Crippen LogP contribution < -0.4 is 0 Å². The molecular formula is C57H87NO17S. The molecule has 0 aromatic rings. The number of carbonyl (C=O) groups is 6. The standard InChI is InChI=1S/C57H87NO17S/c1-34-17-13-12-14-18-35(2)47(70-9)31-43-22-20-40(7)57(67,75-43)54(64)55(65)58-25-16-15-19-44(58)56(66)74-48(32-45(59)37(4)28-39(6)52(63)53(72-11)41(8)36(3)27-34)38(5)29-42-21-23-46(49(30-42)71-10)73-51(62)33-76(68,69)26-24-50(60)61/h12-14,17-18,28,34,36-38,40,42-44,46-49,52-53,63,67H,8,15-16,19-27,29-33H2,1-7,9-11H3,(H,60,61)/b14-12+,17-13+,35-18+,39-28+/t34-,36-,37-,38-,40-,42+,43+,44+,46-,47+,48+,49-,52-,53+,57-/m1/s1. The number of hydrogen-bond donors (Lipinski definition) is 3. The van der Waals surface area contributed by atoms with Crippen molar-refractivity contribution >= 4 is 45.2 Å². The van der Waals surface area contributed by atoms with Crippen molar-refractivity contribution in [3.63, 3.8) is 0 Å². The number of ketones is 2. The molecule has 3 aliphatic heterocycles. The number of amides is 1. The summed E-state index contributed by atoms with van der Waals surface area (Å²) in [7, 11) is 0.480. The highest BCUT2D eigenvalue weighted by molar-refractivity contribution is 7.92. The van der Waals surface area contributed by atoms with Crippen LogP contribution in [0.2, 0.25) is 0 Å². The Kier molecular flexibility index (Phi) is 25.0. The van der Waals surface area contributed by atoms with Gasteiger partial charge in [0.25, 0.3) is 11.7 Å². The summed E-state index contributed by atoms with van der Waals surface area (Å²) in [6, 6.07) is -1.21. The number of aliphatic carboxylic acids is 1. The van der Waals surface area contributed by atoms with Crippen molar-refractivity contribution in [3.05, 3.63) is 59.8 Å². The molecule has 1 saturated carbocycles. The summed E-state index contributed by atoms with van der Waals surface area (Å²) >= 11 is 0. The van der Waals surface area contributed by atoms with Crippen LogP contribution in [0, 0.1) is 35.5 Å². The highest BCUT2D eigenvalue weighted by Gasteiger charge is 2.53. The Morgan fingerprint density at radius 2 is 1.61 bits per heavy atom. The number of carboxylic acid groups (broad SMARTS) is 1. The zero-order valence-electron chi connectivity index (χ0n) is 46.5. The summed E-state index contributed by atoms with van der Waals surface area (Å²) in [5.74, 6) is -11.9. The molecule has 15 atom stereocenters. The molecule has 19 heteroatoms. The molecule has 4 rings (SSSR count). The Balaban J connectivity index is 1.67. The summed E-state index contributed by atoms with van der Waals surface area (Å²) in [6.07, 6.45) is 9.76. The number of fused-ring (bicyclic) bond motifs is 3. The molecule has 4 aliphatic rings. The lowest BCUT2D eigenvalue weighted by Crippen LogP contribution is -2.61. The number of nitrogens with zero attached hydrogens (tertiary/aromatic N) is 1. The molecule has 1 aliphatic carbocycles. The van der Waals surface area contributed by atoms with Gasteiger partial charge in [0, 0.05) is 52.6 Å². The summed E-state index contributed by atoms with van der Waals surface area (Å²) < 4.78 is 60.2. The lowest BCUT2D eigenvalue weighted by Gasteiger charge is -2.42. The molecule has 2 saturated heterocycles. The zero-order chi connectivity index (χ0) is 56.7. The Hall–Kier alpha value is -4.37. The molecule has 18 nitrogen and oxygen atoms in total. The van der Waals surface area contributed by atoms with E-state index in [4.69, 9.17) is 33.5 Å². The number of allylic oxidation sites excluding steroid dienone is 6. The minimum Gasteiger partial charge on any atom is -0.481 e. The number of sulfone groups is 1. The van der Waals surface area contributed by atoms with Crippen LogP contribution in [0.15, 0.2) is 59.8 Å². The molecule has 0 spiro atoms. The van der Waals surface area contributed by atoms with Crippen LogP contribution in [-0.2, 0) is 67.0 Å². The minimum absolute atomic E-state index is 0.0341. The van der Waals surface area contributed by atoms with Crippen LogP contribution in [-0.4, -0.2) is 158 Å². The van der Waals surface area contributed by atoms with Crippen molar-refractivity contribution in [1.82, 2.24) is 4.90 Å². The molecule has 2 bridgehead atoms. The topological polar surface area (TPSA) is 256 Å². The van der Waals surface area contributed by atoms with E-state index in [0.29, 0.717) is 68.9 Å². The summed E-state index contributed by atoms with van der Waals surface area (Å²) in [6.45, 7) is 17.3. The first-order chi connectivity index (χ1) is 35.7. The van der Waals surface area contributed by atoms with E-state index in [0.717, 1.165) is 16.9 Å². The molecule has 76 heavy (non-hydrogen) atoms. The number of aliphatic hydroxyl groups is 2. The number of carbonyl (C=O) groups excluding carboxylic acids is 5. The summed E-state index contributed by atoms with van der Waals surface area (Å²) in [4.78, 5) is 82.5. The van der Waals surface area contributed by atoms with Gasteiger partial charge in [0.2, 0.25) is 5.79 Å². The Labute approximate surface area is 450 Å². The van der Waals surface area contributed by atoms with E-state index >= 15 is 0 Å². The van der Waals surface area contributed by atoms with Gasteiger partial charge in [-0.25, -0.2) is 13.2 Å². The van der Waals surface area contributed by atoms with Gasteiger partial charge in [0.05, 0.1) is 30.5 Å². The second kappa shape index (κ2) is 29.6. The monoisotopic (exact) mass is 1090 g/mol. The van der Waals surface area contributed by atoms with E-state index in [2.05, 4.69) is 19.6 Å². The van der Waals surface area contributed by atoms with E-state index in [9.17, 15) is 47.4 Å². The van der Waals surface area contributed by atoms with Gasteiger partial charge >= 0.3 is 17.9 Å². The number of ether oxygens (including phenoxy) is 6. The number of esters is 2. The number of methoxy groups -OCH3 is 3. The molecule has 0 aromatic carbocycles. The van der Waals surface area contributed by atoms with Crippen LogP contribution in [0.4, 0.5) is 0 Å². The van der Waals surface area contributed by atoms with Gasteiger partial charge < -0.3 is 48.6 Å². The van der Waals surface area contributed by atoms with E-state index in [1.54, 1.807) is 34.0 Å². The zero-order valence-corrected chi connectivity index (χ0v) is 47.3. The highest BCUT2D eigenvalue weighted by Crippen LogP contribution is 2.38. The van der Waals surface area contributed by atoms with Crippen molar-refractivity contribution in [2.24, 2.45) is 35.5 Å². The van der Waals surface area contributed by atoms with E-state index in [-0.39, 0.29) is 42.9 Å². The Bertz CT molecular complexity index is 2270. The number of piperidine rings is 1. The van der Waals surface area contributed by atoms with Crippen molar-refractivity contribution in [3.8, 4) is 0 Å². The maximum absolute atomic E-state index is 14.6. The van der Waals surface area contributed by atoms with E-state index in [1.165, 1.54) is 14.2 Å². The van der Waals surface area contributed by atoms with Crippen molar-refractivity contribution in [2.75, 3.05) is 39.4 Å². The van der Waals surface area contributed by atoms with Gasteiger partial charge in [-0.05, 0) is 118 Å². The van der Waals surface area contributed by atoms with Gasteiger partial charge in [0.15, 0.2) is 9.84 Å². The summed E-state index contributed by atoms with van der Waals surface area (Å²) in [5.41, 5.74) is 2.06. The second-order valence-electron chi connectivity index (χ2n) is 22.0. The largest absolute Gasteiger partial charge is 0.481 e. The lowest BCUT2D eigenvalue weighted by molar-refractivity contribution is -0.265. The fourth-order valence-corrected chi connectivity index (χ4v) is 12.1. The average molecular weight is 1090 g/mol. The fraction of sp³-hybridized carbons (Fsp3) is 0.719. The number of carboxylic acids is 1. The molecule has 0 aromatic heterocycles. The number of Topliss-reactive ketones (excluding diaryl/α,β-unsaturated/α-hetero) is 2. The first-order valence-corrected chi connectivity index (χ1v) is 28.8. The molecule has 0 radical (unpaired) electrons. The maximum Gasteiger partial charge on any atom is 0.329 e. The van der Waals surface area contributed by atoms with Crippen LogP contribution in [0.25, 0.3) is 0 Å². The summed E-state index contributed by atoms with van der Waals surface area (Å²) in [5, 5.41) is 32.6. The van der Waals surface area contributed by atoms with Crippen LogP contribution in [0.5, 0.6) is 0 Å². The van der Waals surface area contributed by atoms with Gasteiger partial charge in [-0.1, -0.05) is 77.7 Å². The molecular weight excluding hydrogens is 1000 g/mol. The first-order valence-electron chi connectivity index (χ1n) is 27.0. The number of rotatable bonds is 12. The van der Waals surface area contributed by atoms with Gasteiger partial charge in [-0.2, -0.15) is 0 Å².